The molecular formula is C27H25NO3. The highest BCUT2D eigenvalue weighted by Gasteiger charge is 2.36. The summed E-state index contributed by atoms with van der Waals surface area (Å²) in [5.41, 5.74) is 8.26. The SMILES string of the molecule is CC(=O)O/N=C(/C)c1ccc2c(c1)-c1ccc(C(=O)c3ccccc3C)cc1C2(C)C. The summed E-state index contributed by atoms with van der Waals surface area (Å²) in [5, 5.41) is 3.91. The fourth-order valence-corrected chi connectivity index (χ4v) is 4.29. The molecule has 0 aromatic heterocycles. The van der Waals surface area contributed by atoms with Crippen LogP contribution < -0.4 is 0 Å². The van der Waals surface area contributed by atoms with E-state index in [0.717, 1.165) is 33.4 Å². The van der Waals surface area contributed by atoms with Crippen molar-refractivity contribution in [2.24, 2.45) is 5.16 Å². The van der Waals surface area contributed by atoms with Crippen molar-refractivity contribution < 1.29 is 14.4 Å². The zero-order valence-electron chi connectivity index (χ0n) is 18.4. The van der Waals surface area contributed by atoms with E-state index in [-0.39, 0.29) is 11.2 Å². The quantitative estimate of drug-likeness (QED) is 0.235. The van der Waals surface area contributed by atoms with Crippen LogP contribution in [0.1, 0.15) is 65.9 Å². The first kappa shape index (κ1) is 20.7. The number of benzene rings is 3. The highest BCUT2D eigenvalue weighted by molar-refractivity contribution is 6.10. The Balaban J connectivity index is 1.78. The van der Waals surface area contributed by atoms with Gasteiger partial charge in [0.05, 0.1) is 5.71 Å². The molecule has 31 heavy (non-hydrogen) atoms. The zero-order chi connectivity index (χ0) is 22.3. The second-order valence-electron chi connectivity index (χ2n) is 8.55. The fourth-order valence-electron chi connectivity index (χ4n) is 4.29. The van der Waals surface area contributed by atoms with E-state index in [1.807, 2.05) is 62.4 Å². The minimum Gasteiger partial charge on any atom is -0.318 e. The van der Waals surface area contributed by atoms with Crippen LogP contribution in [0.3, 0.4) is 0 Å². The van der Waals surface area contributed by atoms with E-state index in [4.69, 9.17) is 4.84 Å². The van der Waals surface area contributed by atoms with E-state index in [0.29, 0.717) is 11.3 Å². The van der Waals surface area contributed by atoms with Gasteiger partial charge >= 0.3 is 5.97 Å². The summed E-state index contributed by atoms with van der Waals surface area (Å²) in [6, 6.07) is 19.8. The highest BCUT2D eigenvalue weighted by atomic mass is 16.7. The van der Waals surface area contributed by atoms with Gasteiger partial charge < -0.3 is 4.84 Å². The monoisotopic (exact) mass is 411 g/mol. The van der Waals surface area contributed by atoms with Crippen LogP contribution in [0.2, 0.25) is 0 Å². The van der Waals surface area contributed by atoms with Crippen molar-refractivity contribution in [3.05, 3.63) is 94.0 Å². The zero-order valence-corrected chi connectivity index (χ0v) is 18.4. The molecule has 3 aromatic carbocycles. The van der Waals surface area contributed by atoms with Gasteiger partial charge in [0.25, 0.3) is 0 Å². The molecule has 0 heterocycles. The molecule has 0 amide bonds. The number of rotatable bonds is 4. The van der Waals surface area contributed by atoms with Gasteiger partial charge in [0.2, 0.25) is 0 Å². The Kier molecular flexibility index (Phi) is 5.10. The predicted octanol–water partition coefficient (Wildman–Crippen LogP) is 5.82. The number of hydrogen-bond donors (Lipinski definition) is 0. The Hall–Kier alpha value is -3.53. The number of aryl methyl sites for hydroxylation is 1. The third kappa shape index (κ3) is 3.59. The molecule has 0 spiro atoms. The Bertz CT molecular complexity index is 1250. The van der Waals surface area contributed by atoms with Crippen LogP contribution in [0.5, 0.6) is 0 Å². The number of ketones is 1. The summed E-state index contributed by atoms with van der Waals surface area (Å²) in [6.07, 6.45) is 0. The third-order valence-corrected chi connectivity index (χ3v) is 6.06. The van der Waals surface area contributed by atoms with Gasteiger partial charge in [0.15, 0.2) is 5.78 Å². The topological polar surface area (TPSA) is 55.7 Å². The number of carbonyl (C=O) groups excluding carboxylic acids is 2. The van der Waals surface area contributed by atoms with Crippen molar-refractivity contribution in [2.45, 2.75) is 40.0 Å². The van der Waals surface area contributed by atoms with Gasteiger partial charge in [0.1, 0.15) is 0 Å². The summed E-state index contributed by atoms with van der Waals surface area (Å²) in [7, 11) is 0. The van der Waals surface area contributed by atoms with Crippen LogP contribution in [0, 0.1) is 6.92 Å². The first-order valence-electron chi connectivity index (χ1n) is 10.3. The maximum atomic E-state index is 13.2. The van der Waals surface area contributed by atoms with Gasteiger partial charge in [-0.2, -0.15) is 0 Å². The lowest BCUT2D eigenvalue weighted by molar-refractivity contribution is -0.140. The van der Waals surface area contributed by atoms with Gasteiger partial charge in [-0.05, 0) is 59.4 Å². The Labute approximate surface area is 182 Å². The summed E-state index contributed by atoms with van der Waals surface area (Å²) in [6.45, 7) is 9.46. The van der Waals surface area contributed by atoms with Gasteiger partial charge in [-0.25, -0.2) is 4.79 Å². The maximum absolute atomic E-state index is 13.2. The molecular weight excluding hydrogens is 386 g/mol. The van der Waals surface area contributed by atoms with E-state index in [1.165, 1.54) is 12.5 Å². The van der Waals surface area contributed by atoms with Gasteiger partial charge in [-0.3, -0.25) is 4.79 Å². The number of oxime groups is 1. The molecule has 4 nitrogen and oxygen atoms in total. The summed E-state index contributed by atoms with van der Waals surface area (Å²) >= 11 is 0. The highest BCUT2D eigenvalue weighted by Crippen LogP contribution is 2.49. The molecule has 0 fully saturated rings. The summed E-state index contributed by atoms with van der Waals surface area (Å²) in [5.74, 6) is -0.407. The lowest BCUT2D eigenvalue weighted by atomic mass is 9.81. The van der Waals surface area contributed by atoms with Crippen molar-refractivity contribution in [1.29, 1.82) is 0 Å². The predicted molar refractivity (Wildman–Crippen MR) is 123 cm³/mol. The van der Waals surface area contributed by atoms with E-state index in [2.05, 4.69) is 31.1 Å². The van der Waals surface area contributed by atoms with Crippen LogP contribution in [-0.2, 0) is 15.0 Å². The lowest BCUT2D eigenvalue weighted by Crippen LogP contribution is -2.16. The Morgan fingerprint density at radius 2 is 1.55 bits per heavy atom. The van der Waals surface area contributed by atoms with Crippen molar-refractivity contribution in [2.75, 3.05) is 0 Å². The molecule has 156 valence electrons. The van der Waals surface area contributed by atoms with E-state index in [1.54, 1.807) is 0 Å². The molecule has 4 rings (SSSR count). The van der Waals surface area contributed by atoms with Crippen LogP contribution in [0.4, 0.5) is 0 Å². The largest absolute Gasteiger partial charge is 0.331 e. The molecule has 0 N–H and O–H groups in total. The first-order chi connectivity index (χ1) is 14.7. The smallest absolute Gasteiger partial charge is 0.318 e. The van der Waals surface area contributed by atoms with Crippen LogP contribution in [-0.4, -0.2) is 17.5 Å². The molecule has 0 saturated carbocycles. The molecule has 0 saturated heterocycles. The molecule has 3 aromatic rings. The molecule has 1 aliphatic carbocycles. The van der Waals surface area contributed by atoms with Gasteiger partial charge in [0, 0.05) is 23.5 Å². The van der Waals surface area contributed by atoms with Crippen molar-refractivity contribution >= 4 is 17.5 Å². The second-order valence-corrected chi connectivity index (χ2v) is 8.55. The number of carbonyl (C=O) groups is 2. The Morgan fingerprint density at radius 3 is 2.26 bits per heavy atom. The third-order valence-electron chi connectivity index (χ3n) is 6.06. The van der Waals surface area contributed by atoms with Gasteiger partial charge in [-0.1, -0.05) is 67.5 Å². The molecule has 1 aliphatic rings. The average Bonchev–Trinajstić information content (AvgIpc) is 2.98. The van der Waals surface area contributed by atoms with E-state index >= 15 is 0 Å². The van der Waals surface area contributed by atoms with Crippen LogP contribution in [0.15, 0.2) is 65.8 Å². The molecule has 0 radical (unpaired) electrons. The standard InChI is InChI=1S/C27H25NO3/c1-16-8-6-7-9-21(16)26(30)20-10-12-22-23-14-19(17(2)28-31-18(3)29)11-13-24(23)27(4,5)25(22)15-20/h6-15H,1-5H3/b28-17-. The molecule has 0 atom stereocenters. The number of fused-ring (bicyclic) bond motifs is 3. The van der Waals surface area contributed by atoms with Gasteiger partial charge in [-0.15, -0.1) is 0 Å². The normalized spacial score (nSPS) is 14.0. The number of nitrogens with zero attached hydrogens (tertiary/aromatic N) is 1. The maximum Gasteiger partial charge on any atom is 0.331 e. The minimum absolute atomic E-state index is 0.0395. The Morgan fingerprint density at radius 1 is 0.839 bits per heavy atom. The van der Waals surface area contributed by atoms with Crippen LogP contribution in [0.25, 0.3) is 11.1 Å². The number of hydrogen-bond acceptors (Lipinski definition) is 4. The van der Waals surface area contributed by atoms with E-state index in [9.17, 15) is 9.59 Å². The van der Waals surface area contributed by atoms with Crippen molar-refractivity contribution in [3.8, 4) is 11.1 Å². The second kappa shape index (κ2) is 7.62. The fraction of sp³-hybridized carbons (Fsp3) is 0.222. The van der Waals surface area contributed by atoms with Crippen molar-refractivity contribution in [1.82, 2.24) is 0 Å². The minimum atomic E-state index is -0.446. The lowest BCUT2D eigenvalue weighted by Gasteiger charge is -2.22. The van der Waals surface area contributed by atoms with E-state index < -0.39 is 5.97 Å². The summed E-state index contributed by atoms with van der Waals surface area (Å²) in [4.78, 5) is 29.0. The summed E-state index contributed by atoms with van der Waals surface area (Å²) < 4.78 is 0. The van der Waals surface area contributed by atoms with Crippen molar-refractivity contribution in [3.63, 3.8) is 0 Å². The molecule has 4 heteroatoms. The molecule has 0 unspecified atom stereocenters. The first-order valence-corrected chi connectivity index (χ1v) is 10.3. The average molecular weight is 412 g/mol. The molecule has 0 bridgehead atoms. The van der Waals surface area contributed by atoms with Crippen LogP contribution >= 0.6 is 0 Å². The molecule has 0 aliphatic heterocycles.